The maximum atomic E-state index is 12.0. The van der Waals surface area contributed by atoms with E-state index in [0.29, 0.717) is 25.7 Å². The summed E-state index contributed by atoms with van der Waals surface area (Å²) in [6.07, 6.45) is 3.36. The van der Waals surface area contributed by atoms with Crippen LogP contribution in [0.25, 0.3) is 0 Å². The lowest BCUT2D eigenvalue weighted by Crippen LogP contribution is -2.48. The summed E-state index contributed by atoms with van der Waals surface area (Å²) >= 11 is 0. The van der Waals surface area contributed by atoms with Crippen molar-refractivity contribution in [2.24, 2.45) is 0 Å². The van der Waals surface area contributed by atoms with Crippen LogP contribution in [-0.2, 0) is 9.47 Å². The first-order chi connectivity index (χ1) is 8.94. The van der Waals surface area contributed by atoms with Crippen molar-refractivity contribution >= 4 is 6.09 Å². The van der Waals surface area contributed by atoms with Gasteiger partial charge in [-0.3, -0.25) is 0 Å². The summed E-state index contributed by atoms with van der Waals surface area (Å²) in [5.74, 6) is 0. The van der Waals surface area contributed by atoms with Gasteiger partial charge in [-0.15, -0.1) is 0 Å². The van der Waals surface area contributed by atoms with Gasteiger partial charge in [0.1, 0.15) is 5.60 Å². The third-order valence-electron chi connectivity index (χ3n) is 3.50. The second-order valence-electron chi connectivity index (χ2n) is 6.45. The lowest BCUT2D eigenvalue weighted by atomic mass is 10.1. The molecule has 1 N–H and O–H groups in total. The minimum atomic E-state index is -0.433. The van der Waals surface area contributed by atoms with Gasteiger partial charge in [0.25, 0.3) is 0 Å². The van der Waals surface area contributed by atoms with E-state index in [9.17, 15) is 4.79 Å². The van der Waals surface area contributed by atoms with Crippen molar-refractivity contribution in [2.45, 2.75) is 57.8 Å². The molecule has 0 bridgehead atoms. The Morgan fingerprint density at radius 3 is 2.89 bits per heavy atom. The van der Waals surface area contributed by atoms with Crippen LogP contribution in [-0.4, -0.2) is 55.0 Å². The number of nitrogens with zero attached hydrogens (tertiary/aromatic N) is 1. The molecule has 2 heterocycles. The summed E-state index contributed by atoms with van der Waals surface area (Å²) < 4.78 is 11.2. The van der Waals surface area contributed by atoms with Crippen molar-refractivity contribution < 1.29 is 14.3 Å². The molecule has 0 aliphatic carbocycles. The highest BCUT2D eigenvalue weighted by Gasteiger charge is 2.30. The van der Waals surface area contributed by atoms with Crippen LogP contribution in [0.1, 0.15) is 40.0 Å². The van der Waals surface area contributed by atoms with Crippen LogP contribution in [0.5, 0.6) is 0 Å². The van der Waals surface area contributed by atoms with E-state index < -0.39 is 5.60 Å². The third kappa shape index (κ3) is 4.66. The van der Waals surface area contributed by atoms with E-state index in [1.807, 2.05) is 20.8 Å². The summed E-state index contributed by atoms with van der Waals surface area (Å²) in [7, 11) is 0. The van der Waals surface area contributed by atoms with Gasteiger partial charge in [-0.2, -0.15) is 0 Å². The Hall–Kier alpha value is -0.810. The maximum absolute atomic E-state index is 12.0. The molecule has 2 saturated heterocycles. The van der Waals surface area contributed by atoms with E-state index in [-0.39, 0.29) is 12.2 Å². The molecule has 0 aromatic rings. The average molecular weight is 270 g/mol. The van der Waals surface area contributed by atoms with E-state index >= 15 is 0 Å². The molecule has 5 nitrogen and oxygen atoms in total. The molecule has 2 rings (SSSR count). The quantitative estimate of drug-likeness (QED) is 0.831. The van der Waals surface area contributed by atoms with Crippen LogP contribution in [0, 0.1) is 0 Å². The highest BCUT2D eigenvalue weighted by atomic mass is 16.6. The SMILES string of the molecule is CC(C)(C)OC(=O)N1CCOC(CC2CCCN2)C1. The summed E-state index contributed by atoms with van der Waals surface area (Å²) in [6.45, 7) is 8.67. The van der Waals surface area contributed by atoms with Crippen LogP contribution < -0.4 is 5.32 Å². The topological polar surface area (TPSA) is 50.8 Å². The highest BCUT2D eigenvalue weighted by molar-refractivity contribution is 5.68. The van der Waals surface area contributed by atoms with Gasteiger partial charge in [-0.1, -0.05) is 0 Å². The largest absolute Gasteiger partial charge is 0.444 e. The summed E-state index contributed by atoms with van der Waals surface area (Å²) in [5.41, 5.74) is -0.433. The zero-order chi connectivity index (χ0) is 13.9. The molecule has 2 atom stereocenters. The van der Waals surface area contributed by atoms with Crippen LogP contribution in [0.3, 0.4) is 0 Å². The van der Waals surface area contributed by atoms with Gasteiger partial charge in [0.15, 0.2) is 0 Å². The third-order valence-corrected chi connectivity index (χ3v) is 3.50. The Morgan fingerprint density at radius 1 is 1.47 bits per heavy atom. The normalized spacial score (nSPS) is 28.5. The van der Waals surface area contributed by atoms with Crippen LogP contribution in [0.15, 0.2) is 0 Å². The number of morpholine rings is 1. The molecular formula is C14H26N2O3. The molecule has 2 aliphatic heterocycles. The number of carbonyl (C=O) groups is 1. The minimum Gasteiger partial charge on any atom is -0.444 e. The molecular weight excluding hydrogens is 244 g/mol. The number of ether oxygens (including phenoxy) is 2. The fourth-order valence-corrected chi connectivity index (χ4v) is 2.63. The number of amides is 1. The second-order valence-corrected chi connectivity index (χ2v) is 6.45. The lowest BCUT2D eigenvalue weighted by Gasteiger charge is -2.35. The second kappa shape index (κ2) is 6.09. The molecule has 0 saturated carbocycles. The minimum absolute atomic E-state index is 0.136. The predicted octanol–water partition coefficient (Wildman–Crippen LogP) is 1.76. The fourth-order valence-electron chi connectivity index (χ4n) is 2.63. The highest BCUT2D eigenvalue weighted by Crippen LogP contribution is 2.18. The number of hydrogen-bond acceptors (Lipinski definition) is 4. The first-order valence-electron chi connectivity index (χ1n) is 7.27. The molecule has 0 spiro atoms. The summed E-state index contributed by atoms with van der Waals surface area (Å²) in [4.78, 5) is 13.8. The zero-order valence-electron chi connectivity index (χ0n) is 12.3. The Balaban J connectivity index is 1.80. The van der Waals surface area contributed by atoms with E-state index in [0.717, 1.165) is 13.0 Å². The number of nitrogens with one attached hydrogen (secondary N) is 1. The molecule has 2 unspecified atom stereocenters. The van der Waals surface area contributed by atoms with E-state index in [2.05, 4.69) is 5.32 Å². The van der Waals surface area contributed by atoms with Gasteiger partial charge in [0.05, 0.1) is 19.3 Å². The summed E-state index contributed by atoms with van der Waals surface area (Å²) in [6, 6.07) is 0.545. The lowest BCUT2D eigenvalue weighted by molar-refractivity contribution is -0.0469. The van der Waals surface area contributed by atoms with Crippen molar-refractivity contribution in [3.63, 3.8) is 0 Å². The smallest absolute Gasteiger partial charge is 0.410 e. The average Bonchev–Trinajstić information content (AvgIpc) is 2.80. The van der Waals surface area contributed by atoms with Crippen molar-refractivity contribution in [1.29, 1.82) is 0 Å². The maximum Gasteiger partial charge on any atom is 0.410 e. The Kier molecular flexibility index (Phi) is 4.68. The van der Waals surface area contributed by atoms with Gasteiger partial charge < -0.3 is 19.7 Å². The molecule has 0 aromatic heterocycles. The first-order valence-corrected chi connectivity index (χ1v) is 7.27. The van der Waals surface area contributed by atoms with Gasteiger partial charge in [0.2, 0.25) is 0 Å². The predicted molar refractivity (Wildman–Crippen MR) is 73.2 cm³/mol. The van der Waals surface area contributed by atoms with Gasteiger partial charge >= 0.3 is 6.09 Å². The Morgan fingerprint density at radius 2 is 2.26 bits per heavy atom. The van der Waals surface area contributed by atoms with Crippen molar-refractivity contribution in [3.05, 3.63) is 0 Å². The van der Waals surface area contributed by atoms with E-state index in [4.69, 9.17) is 9.47 Å². The van der Waals surface area contributed by atoms with Gasteiger partial charge in [-0.25, -0.2) is 4.79 Å². The van der Waals surface area contributed by atoms with Crippen LogP contribution in [0.2, 0.25) is 0 Å². The standard InChI is InChI=1S/C14H26N2O3/c1-14(2,3)19-13(17)16-7-8-18-12(10-16)9-11-5-4-6-15-11/h11-12,15H,4-10H2,1-3H3. The molecule has 110 valence electrons. The Labute approximate surface area is 115 Å². The monoisotopic (exact) mass is 270 g/mol. The fraction of sp³-hybridized carbons (Fsp3) is 0.929. The molecule has 0 radical (unpaired) electrons. The number of carbonyl (C=O) groups excluding carboxylic acids is 1. The van der Waals surface area contributed by atoms with Gasteiger partial charge in [-0.05, 0) is 46.6 Å². The number of hydrogen-bond donors (Lipinski definition) is 1. The Bertz CT molecular complexity index is 308. The van der Waals surface area contributed by atoms with Gasteiger partial charge in [0, 0.05) is 12.6 Å². The van der Waals surface area contributed by atoms with Crippen molar-refractivity contribution in [2.75, 3.05) is 26.2 Å². The molecule has 2 fully saturated rings. The van der Waals surface area contributed by atoms with Crippen molar-refractivity contribution in [3.8, 4) is 0 Å². The molecule has 1 amide bonds. The molecule has 0 aromatic carbocycles. The molecule has 2 aliphatic rings. The summed E-state index contributed by atoms with van der Waals surface area (Å²) in [5, 5.41) is 3.47. The zero-order valence-corrected chi connectivity index (χ0v) is 12.3. The van der Waals surface area contributed by atoms with E-state index in [1.165, 1.54) is 12.8 Å². The molecule has 19 heavy (non-hydrogen) atoms. The van der Waals surface area contributed by atoms with Crippen molar-refractivity contribution in [1.82, 2.24) is 10.2 Å². The number of rotatable bonds is 2. The molecule has 5 heteroatoms. The first kappa shape index (κ1) is 14.6. The van der Waals surface area contributed by atoms with E-state index in [1.54, 1.807) is 4.90 Å². The van der Waals surface area contributed by atoms with Crippen LogP contribution >= 0.6 is 0 Å². The van der Waals surface area contributed by atoms with Crippen LogP contribution in [0.4, 0.5) is 4.79 Å².